The molecule has 0 aliphatic heterocycles. The van der Waals surface area contributed by atoms with Crippen molar-refractivity contribution in [3.05, 3.63) is 14.8 Å². The second-order valence-electron chi connectivity index (χ2n) is 2.30. The fraction of sp³-hybridized carbons (Fsp3) is 0.143. The quantitative estimate of drug-likeness (QED) is 0.618. The van der Waals surface area contributed by atoms with E-state index in [1.807, 2.05) is 0 Å². The molecule has 6 heteroatoms. The molecule has 1 rings (SSSR count). The van der Waals surface area contributed by atoms with Crippen molar-refractivity contribution in [1.29, 1.82) is 0 Å². The Morgan fingerprint density at radius 2 is 1.54 bits per heavy atom. The summed E-state index contributed by atoms with van der Waals surface area (Å²) < 4.78 is 18.5. The highest BCUT2D eigenvalue weighted by atomic mass is 79.9. The fourth-order valence-electron chi connectivity index (χ4n) is 0.897. The van der Waals surface area contributed by atoms with Crippen LogP contribution in [0.2, 0.25) is 0 Å². The van der Waals surface area contributed by atoms with E-state index in [0.717, 1.165) is 0 Å². The van der Waals surface area contributed by atoms with E-state index in [0.29, 0.717) is 0 Å². The summed E-state index contributed by atoms with van der Waals surface area (Å²) in [6.45, 7) is 0. The second-order valence-corrected chi connectivity index (χ2v) is 3.89. The van der Waals surface area contributed by atoms with Crippen LogP contribution >= 0.6 is 31.9 Å². The fourth-order valence-corrected chi connectivity index (χ4v) is 1.92. The molecule has 0 aliphatic rings. The average Bonchev–Trinajstić information content (AvgIpc) is 2.13. The molecular formula is C7H7Br2FN2O. The van der Waals surface area contributed by atoms with Crippen molar-refractivity contribution in [1.82, 2.24) is 0 Å². The maximum Gasteiger partial charge on any atom is 0.167 e. The largest absolute Gasteiger partial charge is 0.492 e. The molecule has 0 amide bonds. The molecule has 0 radical (unpaired) electrons. The van der Waals surface area contributed by atoms with Gasteiger partial charge in [-0.05, 0) is 31.9 Å². The van der Waals surface area contributed by atoms with E-state index < -0.39 is 5.82 Å². The summed E-state index contributed by atoms with van der Waals surface area (Å²) in [5, 5.41) is 0. The predicted molar refractivity (Wildman–Crippen MR) is 57.2 cm³/mol. The van der Waals surface area contributed by atoms with Gasteiger partial charge in [-0.15, -0.1) is 0 Å². The lowest BCUT2D eigenvalue weighted by Crippen LogP contribution is -2.02. The molecule has 72 valence electrons. The van der Waals surface area contributed by atoms with Gasteiger partial charge >= 0.3 is 0 Å². The molecule has 4 N–H and O–H groups in total. The van der Waals surface area contributed by atoms with Crippen LogP contribution in [0.1, 0.15) is 0 Å². The van der Waals surface area contributed by atoms with Gasteiger partial charge in [0.1, 0.15) is 0 Å². The molecule has 1 aromatic carbocycles. The molecule has 0 saturated carbocycles. The third kappa shape index (κ3) is 1.60. The van der Waals surface area contributed by atoms with Crippen LogP contribution in [0.15, 0.2) is 8.95 Å². The van der Waals surface area contributed by atoms with E-state index in [1.54, 1.807) is 0 Å². The van der Waals surface area contributed by atoms with Gasteiger partial charge in [0.25, 0.3) is 0 Å². The minimum Gasteiger partial charge on any atom is -0.492 e. The first kappa shape index (κ1) is 10.6. The lowest BCUT2D eigenvalue weighted by molar-refractivity contribution is 0.417. The zero-order valence-corrected chi connectivity index (χ0v) is 9.87. The van der Waals surface area contributed by atoms with E-state index >= 15 is 0 Å². The molecular weight excluding hydrogens is 307 g/mol. The van der Waals surface area contributed by atoms with Crippen molar-refractivity contribution in [2.75, 3.05) is 18.6 Å². The Kier molecular flexibility index (Phi) is 3.02. The van der Waals surface area contributed by atoms with Gasteiger partial charge in [-0.1, -0.05) is 0 Å². The first-order chi connectivity index (χ1) is 6.00. The molecule has 0 atom stereocenters. The van der Waals surface area contributed by atoms with Gasteiger partial charge in [-0.2, -0.15) is 0 Å². The number of nitrogens with two attached hydrogens (primary N) is 2. The number of nitrogen functional groups attached to an aromatic ring is 2. The SMILES string of the molecule is COc1c(N)c(Br)c(F)c(Br)c1N. The average molecular weight is 314 g/mol. The molecule has 0 saturated heterocycles. The van der Waals surface area contributed by atoms with E-state index in [-0.39, 0.29) is 26.1 Å². The van der Waals surface area contributed by atoms with Crippen molar-refractivity contribution in [3.8, 4) is 5.75 Å². The number of rotatable bonds is 1. The Bertz CT molecular complexity index is 328. The van der Waals surface area contributed by atoms with Crippen LogP contribution in [0.25, 0.3) is 0 Å². The molecule has 3 nitrogen and oxygen atoms in total. The molecule has 1 aromatic rings. The summed E-state index contributed by atoms with van der Waals surface area (Å²) in [7, 11) is 1.42. The Balaban J connectivity index is 3.56. The van der Waals surface area contributed by atoms with Gasteiger partial charge in [0, 0.05) is 0 Å². The number of hydrogen-bond donors (Lipinski definition) is 2. The van der Waals surface area contributed by atoms with Crippen LogP contribution in [-0.4, -0.2) is 7.11 Å². The van der Waals surface area contributed by atoms with Crippen molar-refractivity contribution in [2.45, 2.75) is 0 Å². The highest BCUT2D eigenvalue weighted by Crippen LogP contribution is 2.42. The smallest absolute Gasteiger partial charge is 0.167 e. The third-order valence-electron chi connectivity index (χ3n) is 1.55. The number of ether oxygens (including phenoxy) is 1. The van der Waals surface area contributed by atoms with Crippen molar-refractivity contribution >= 4 is 43.2 Å². The molecule has 0 aliphatic carbocycles. The highest BCUT2D eigenvalue weighted by molar-refractivity contribution is 9.11. The summed E-state index contributed by atoms with van der Waals surface area (Å²) in [5.41, 5.74) is 11.4. The number of methoxy groups -OCH3 is 1. The lowest BCUT2D eigenvalue weighted by atomic mass is 10.2. The molecule has 0 bridgehead atoms. The summed E-state index contributed by atoms with van der Waals surface area (Å²) in [6.07, 6.45) is 0. The molecule has 0 unspecified atom stereocenters. The van der Waals surface area contributed by atoms with Crippen LogP contribution in [0.3, 0.4) is 0 Å². The number of benzene rings is 1. The van der Waals surface area contributed by atoms with Gasteiger partial charge < -0.3 is 16.2 Å². The molecule has 0 fully saturated rings. The maximum atomic E-state index is 13.3. The highest BCUT2D eigenvalue weighted by Gasteiger charge is 2.18. The first-order valence-corrected chi connectivity index (χ1v) is 4.84. The Morgan fingerprint density at radius 1 is 1.15 bits per heavy atom. The van der Waals surface area contributed by atoms with Gasteiger partial charge in [0.2, 0.25) is 0 Å². The maximum absolute atomic E-state index is 13.3. The molecule has 0 heterocycles. The number of hydrogen-bond acceptors (Lipinski definition) is 3. The Morgan fingerprint density at radius 3 is 1.85 bits per heavy atom. The van der Waals surface area contributed by atoms with Crippen LogP contribution in [0, 0.1) is 5.82 Å². The zero-order chi connectivity index (χ0) is 10.2. The van der Waals surface area contributed by atoms with Gasteiger partial charge in [-0.3, -0.25) is 0 Å². The molecule has 0 spiro atoms. The summed E-state index contributed by atoms with van der Waals surface area (Å²) in [4.78, 5) is 0. The van der Waals surface area contributed by atoms with Crippen molar-refractivity contribution < 1.29 is 9.13 Å². The normalized spacial score (nSPS) is 10.2. The minimum atomic E-state index is -0.532. The second kappa shape index (κ2) is 3.71. The zero-order valence-electron chi connectivity index (χ0n) is 6.70. The van der Waals surface area contributed by atoms with Crippen LogP contribution < -0.4 is 16.2 Å². The predicted octanol–water partition coefficient (Wildman–Crippen LogP) is 2.52. The van der Waals surface area contributed by atoms with Gasteiger partial charge in [-0.25, -0.2) is 4.39 Å². The van der Waals surface area contributed by atoms with Gasteiger partial charge in [0.05, 0.1) is 27.4 Å². The van der Waals surface area contributed by atoms with Crippen LogP contribution in [0.5, 0.6) is 5.75 Å². The summed E-state index contributed by atoms with van der Waals surface area (Å²) in [5.74, 6) is -0.268. The van der Waals surface area contributed by atoms with E-state index in [9.17, 15) is 4.39 Å². The molecule has 0 aromatic heterocycles. The summed E-state index contributed by atoms with van der Waals surface area (Å²) >= 11 is 5.98. The number of halogens is 3. The van der Waals surface area contributed by atoms with Crippen molar-refractivity contribution in [3.63, 3.8) is 0 Å². The standard InChI is InChI=1S/C7H7Br2FN2O/c1-13-7-5(11)2(8)4(10)3(9)6(7)12/h11-12H2,1H3. The molecule has 13 heavy (non-hydrogen) atoms. The van der Waals surface area contributed by atoms with E-state index in [2.05, 4.69) is 31.9 Å². The topological polar surface area (TPSA) is 61.3 Å². The summed E-state index contributed by atoms with van der Waals surface area (Å²) in [6, 6.07) is 0. The van der Waals surface area contributed by atoms with E-state index in [4.69, 9.17) is 16.2 Å². The van der Waals surface area contributed by atoms with Gasteiger partial charge in [0.15, 0.2) is 11.6 Å². The van der Waals surface area contributed by atoms with Crippen molar-refractivity contribution in [2.24, 2.45) is 0 Å². The van der Waals surface area contributed by atoms with E-state index in [1.165, 1.54) is 7.11 Å². The number of anilines is 2. The first-order valence-electron chi connectivity index (χ1n) is 3.26. The third-order valence-corrected chi connectivity index (χ3v) is 3.10. The monoisotopic (exact) mass is 312 g/mol. The Labute approximate surface area is 91.5 Å². The minimum absolute atomic E-state index is 0.144. The Hall–Kier alpha value is -0.490. The lowest BCUT2D eigenvalue weighted by Gasteiger charge is -2.12. The van der Waals surface area contributed by atoms with Crippen LogP contribution in [0.4, 0.5) is 15.8 Å². The van der Waals surface area contributed by atoms with Crippen LogP contribution in [-0.2, 0) is 0 Å².